The number of hydrogen-bond acceptors (Lipinski definition) is 6. The first-order chi connectivity index (χ1) is 13.8. The minimum Gasteiger partial charge on any atom is -0.493 e. The standard InChI is InChI=1S/C20H21N3O6/c1-4-28-18-11-14(21-12(2)24)9-10-16(18)20(27)23-22-19(26)15-7-5-6-8-17(15)29-13(3)25/h5-11H,4H2,1-3H3,(H,21,24)(H,22,26)(H,23,27). The van der Waals surface area contributed by atoms with Crippen LogP contribution in [0, 0.1) is 0 Å². The van der Waals surface area contributed by atoms with Crippen molar-refractivity contribution < 1.29 is 28.7 Å². The fraction of sp³-hybridized carbons (Fsp3) is 0.200. The SMILES string of the molecule is CCOc1cc(NC(C)=O)ccc1C(=O)NNC(=O)c1ccccc1OC(C)=O. The van der Waals surface area contributed by atoms with Gasteiger partial charge in [-0.25, -0.2) is 0 Å². The van der Waals surface area contributed by atoms with Gasteiger partial charge in [-0.1, -0.05) is 12.1 Å². The predicted molar refractivity (Wildman–Crippen MR) is 105 cm³/mol. The van der Waals surface area contributed by atoms with Crippen LogP contribution in [0.15, 0.2) is 42.5 Å². The molecular weight excluding hydrogens is 378 g/mol. The number of esters is 1. The molecule has 9 heteroatoms. The van der Waals surface area contributed by atoms with E-state index in [0.29, 0.717) is 12.3 Å². The molecule has 29 heavy (non-hydrogen) atoms. The van der Waals surface area contributed by atoms with Gasteiger partial charge in [0.15, 0.2) is 0 Å². The molecule has 0 unspecified atom stereocenters. The summed E-state index contributed by atoms with van der Waals surface area (Å²) in [5.41, 5.74) is 5.27. The van der Waals surface area contributed by atoms with E-state index in [2.05, 4.69) is 16.2 Å². The van der Waals surface area contributed by atoms with E-state index in [4.69, 9.17) is 9.47 Å². The molecule has 0 heterocycles. The molecule has 0 saturated carbocycles. The Balaban J connectivity index is 2.13. The average molecular weight is 399 g/mol. The lowest BCUT2D eigenvalue weighted by molar-refractivity contribution is -0.131. The Hall–Kier alpha value is -3.88. The number of hydrogen-bond donors (Lipinski definition) is 3. The van der Waals surface area contributed by atoms with Gasteiger partial charge in [-0.05, 0) is 31.2 Å². The summed E-state index contributed by atoms with van der Waals surface area (Å²) in [6.45, 7) is 4.63. The Labute approximate surface area is 167 Å². The molecule has 0 aromatic heterocycles. The van der Waals surface area contributed by atoms with E-state index in [0.717, 1.165) is 0 Å². The molecule has 0 bridgehead atoms. The van der Waals surface area contributed by atoms with Crippen molar-refractivity contribution in [1.82, 2.24) is 10.9 Å². The summed E-state index contributed by atoms with van der Waals surface area (Å²) in [4.78, 5) is 47.2. The Morgan fingerprint density at radius 2 is 1.48 bits per heavy atom. The zero-order valence-corrected chi connectivity index (χ0v) is 16.2. The quantitative estimate of drug-likeness (QED) is 0.388. The van der Waals surface area contributed by atoms with Crippen LogP contribution in [0.4, 0.5) is 5.69 Å². The van der Waals surface area contributed by atoms with Crippen LogP contribution in [0.3, 0.4) is 0 Å². The second-order valence-electron chi connectivity index (χ2n) is 5.82. The normalized spacial score (nSPS) is 9.90. The highest BCUT2D eigenvalue weighted by Gasteiger charge is 2.17. The fourth-order valence-corrected chi connectivity index (χ4v) is 2.41. The minimum atomic E-state index is -0.664. The fourth-order valence-electron chi connectivity index (χ4n) is 2.41. The lowest BCUT2D eigenvalue weighted by Crippen LogP contribution is -2.42. The first-order valence-electron chi connectivity index (χ1n) is 8.74. The van der Waals surface area contributed by atoms with Crippen molar-refractivity contribution in [3.05, 3.63) is 53.6 Å². The summed E-state index contributed by atoms with van der Waals surface area (Å²) in [5, 5.41) is 2.60. The number of benzene rings is 2. The highest BCUT2D eigenvalue weighted by atomic mass is 16.5. The molecule has 0 aliphatic rings. The van der Waals surface area contributed by atoms with Crippen LogP contribution >= 0.6 is 0 Å². The van der Waals surface area contributed by atoms with E-state index in [1.165, 1.54) is 44.2 Å². The maximum absolute atomic E-state index is 12.5. The zero-order chi connectivity index (χ0) is 21.4. The Bertz CT molecular complexity index is 942. The lowest BCUT2D eigenvalue weighted by Gasteiger charge is -2.14. The molecule has 2 aromatic carbocycles. The summed E-state index contributed by atoms with van der Waals surface area (Å²) >= 11 is 0. The molecular formula is C20H21N3O6. The number of ether oxygens (including phenoxy) is 2. The van der Waals surface area contributed by atoms with Gasteiger partial charge in [0.1, 0.15) is 11.5 Å². The van der Waals surface area contributed by atoms with Crippen LogP contribution in [0.5, 0.6) is 11.5 Å². The van der Waals surface area contributed by atoms with Crippen molar-refractivity contribution in [3.8, 4) is 11.5 Å². The summed E-state index contributed by atoms with van der Waals surface area (Å²) in [7, 11) is 0. The number of hydrazine groups is 1. The highest BCUT2D eigenvalue weighted by molar-refractivity contribution is 6.02. The van der Waals surface area contributed by atoms with E-state index in [-0.39, 0.29) is 28.5 Å². The number of para-hydroxylation sites is 1. The molecule has 0 atom stereocenters. The Morgan fingerprint density at radius 1 is 0.862 bits per heavy atom. The van der Waals surface area contributed by atoms with Crippen molar-refractivity contribution in [2.24, 2.45) is 0 Å². The largest absolute Gasteiger partial charge is 0.493 e. The minimum absolute atomic E-state index is 0.0708. The summed E-state index contributed by atoms with van der Waals surface area (Å²) in [6, 6.07) is 10.6. The van der Waals surface area contributed by atoms with Gasteiger partial charge >= 0.3 is 5.97 Å². The van der Waals surface area contributed by atoms with Gasteiger partial charge in [0, 0.05) is 25.6 Å². The lowest BCUT2D eigenvalue weighted by atomic mass is 10.1. The van der Waals surface area contributed by atoms with Gasteiger partial charge in [0.25, 0.3) is 11.8 Å². The van der Waals surface area contributed by atoms with Crippen molar-refractivity contribution in [1.29, 1.82) is 0 Å². The number of nitrogens with one attached hydrogen (secondary N) is 3. The first kappa shape index (κ1) is 21.4. The van der Waals surface area contributed by atoms with E-state index < -0.39 is 17.8 Å². The van der Waals surface area contributed by atoms with Gasteiger partial charge < -0.3 is 14.8 Å². The maximum Gasteiger partial charge on any atom is 0.308 e. The monoisotopic (exact) mass is 399 g/mol. The molecule has 0 aliphatic heterocycles. The third kappa shape index (κ3) is 6.06. The third-order valence-corrected chi connectivity index (χ3v) is 3.52. The van der Waals surface area contributed by atoms with Crippen molar-refractivity contribution in [3.63, 3.8) is 0 Å². The number of carbonyl (C=O) groups is 4. The molecule has 3 N–H and O–H groups in total. The van der Waals surface area contributed by atoms with E-state index in [1.807, 2.05) is 0 Å². The smallest absolute Gasteiger partial charge is 0.308 e. The number of rotatable bonds is 6. The van der Waals surface area contributed by atoms with Crippen LogP contribution in [0.25, 0.3) is 0 Å². The maximum atomic E-state index is 12.5. The second kappa shape index (κ2) is 9.88. The van der Waals surface area contributed by atoms with Crippen molar-refractivity contribution in [2.75, 3.05) is 11.9 Å². The van der Waals surface area contributed by atoms with Gasteiger partial charge in [-0.3, -0.25) is 30.0 Å². The summed E-state index contributed by atoms with van der Waals surface area (Å²) in [5.74, 6) is -1.81. The van der Waals surface area contributed by atoms with Gasteiger partial charge in [-0.15, -0.1) is 0 Å². The predicted octanol–water partition coefficient (Wildman–Crippen LogP) is 2.04. The molecule has 3 amide bonds. The molecule has 0 radical (unpaired) electrons. The molecule has 0 saturated heterocycles. The Kier molecular flexibility index (Phi) is 7.30. The second-order valence-corrected chi connectivity index (χ2v) is 5.82. The summed E-state index contributed by atoms with van der Waals surface area (Å²) < 4.78 is 10.4. The molecule has 2 rings (SSSR count). The van der Waals surface area contributed by atoms with Gasteiger partial charge in [0.05, 0.1) is 17.7 Å². The molecule has 2 aromatic rings. The highest BCUT2D eigenvalue weighted by Crippen LogP contribution is 2.24. The van der Waals surface area contributed by atoms with Gasteiger partial charge in [-0.2, -0.15) is 0 Å². The van der Waals surface area contributed by atoms with E-state index in [1.54, 1.807) is 19.1 Å². The van der Waals surface area contributed by atoms with E-state index in [9.17, 15) is 19.2 Å². The zero-order valence-electron chi connectivity index (χ0n) is 16.2. The van der Waals surface area contributed by atoms with Crippen LogP contribution in [0.1, 0.15) is 41.5 Å². The molecule has 0 aliphatic carbocycles. The van der Waals surface area contributed by atoms with E-state index >= 15 is 0 Å². The third-order valence-electron chi connectivity index (χ3n) is 3.52. The van der Waals surface area contributed by atoms with Crippen LogP contribution < -0.4 is 25.6 Å². The van der Waals surface area contributed by atoms with Crippen LogP contribution in [-0.2, 0) is 9.59 Å². The molecule has 0 fully saturated rings. The average Bonchev–Trinajstić information content (AvgIpc) is 2.66. The molecule has 0 spiro atoms. The van der Waals surface area contributed by atoms with Crippen LogP contribution in [-0.4, -0.2) is 30.3 Å². The Morgan fingerprint density at radius 3 is 2.07 bits per heavy atom. The number of anilines is 1. The molecule has 9 nitrogen and oxygen atoms in total. The summed E-state index contributed by atoms with van der Waals surface area (Å²) in [6.07, 6.45) is 0. The topological polar surface area (TPSA) is 123 Å². The molecule has 152 valence electrons. The van der Waals surface area contributed by atoms with Gasteiger partial charge in [0.2, 0.25) is 5.91 Å². The van der Waals surface area contributed by atoms with Crippen molar-refractivity contribution >= 4 is 29.4 Å². The first-order valence-corrected chi connectivity index (χ1v) is 8.74. The van der Waals surface area contributed by atoms with Crippen LogP contribution in [0.2, 0.25) is 0 Å². The van der Waals surface area contributed by atoms with Crippen molar-refractivity contribution in [2.45, 2.75) is 20.8 Å². The number of amides is 3. The number of carbonyl (C=O) groups excluding carboxylic acids is 4.